The van der Waals surface area contributed by atoms with Gasteiger partial charge in [0, 0.05) is 29.4 Å². The van der Waals surface area contributed by atoms with Crippen LogP contribution in [0.25, 0.3) is 0 Å². The zero-order chi connectivity index (χ0) is 12.5. The van der Waals surface area contributed by atoms with Crippen LogP contribution in [0.5, 0.6) is 0 Å². The van der Waals surface area contributed by atoms with Crippen LogP contribution in [-0.2, 0) is 6.61 Å². The fourth-order valence-electron chi connectivity index (χ4n) is 2.46. The fraction of sp³-hybridized carbons (Fsp3) is 0.600. The molecule has 0 amide bonds. The number of hydrogen-bond donors (Lipinski definition) is 1. The number of aliphatic hydroxyl groups is 1. The molecular weight excluding hydrogens is 246 g/mol. The molecule has 1 aromatic rings. The molecular formula is C15H20ClNO. The minimum Gasteiger partial charge on any atom is -0.392 e. The Morgan fingerprint density at radius 2 is 1.72 bits per heavy atom. The highest BCUT2D eigenvalue weighted by Gasteiger charge is 2.30. The third-order valence-electron chi connectivity index (χ3n) is 3.91. The molecule has 1 N–H and O–H groups in total. The van der Waals surface area contributed by atoms with E-state index in [1.165, 1.54) is 25.7 Å². The molecule has 98 valence electrons. The van der Waals surface area contributed by atoms with Crippen molar-refractivity contribution in [1.29, 1.82) is 0 Å². The number of nitrogens with zero attached hydrogens (tertiary/aromatic N) is 1. The molecule has 18 heavy (non-hydrogen) atoms. The standard InChI is InChI=1S/C15H20ClNO/c16-14-6-5-13(10-18)15(7-14)17(8-11-1-2-11)9-12-3-4-12/h5-7,11-12,18H,1-4,8-10H2. The Bertz CT molecular complexity index is 413. The maximum atomic E-state index is 9.49. The average Bonchev–Trinajstić information content (AvgIpc) is 3.23. The Labute approximate surface area is 114 Å². The number of hydrogen-bond acceptors (Lipinski definition) is 2. The lowest BCUT2D eigenvalue weighted by atomic mass is 10.1. The Morgan fingerprint density at radius 3 is 2.22 bits per heavy atom. The molecule has 2 fully saturated rings. The minimum absolute atomic E-state index is 0.0956. The molecule has 0 aromatic heterocycles. The number of rotatable bonds is 6. The summed E-state index contributed by atoms with van der Waals surface area (Å²) in [6.45, 7) is 2.35. The summed E-state index contributed by atoms with van der Waals surface area (Å²) in [6, 6.07) is 5.82. The van der Waals surface area contributed by atoms with E-state index in [1.54, 1.807) is 0 Å². The molecule has 0 radical (unpaired) electrons. The van der Waals surface area contributed by atoms with Crippen LogP contribution in [0, 0.1) is 11.8 Å². The van der Waals surface area contributed by atoms with Crippen molar-refractivity contribution in [2.45, 2.75) is 32.3 Å². The van der Waals surface area contributed by atoms with Crippen molar-refractivity contribution < 1.29 is 5.11 Å². The fourth-order valence-corrected chi connectivity index (χ4v) is 2.63. The Morgan fingerprint density at radius 1 is 1.11 bits per heavy atom. The summed E-state index contributed by atoms with van der Waals surface area (Å²) in [5.41, 5.74) is 2.14. The Kier molecular flexibility index (Phi) is 3.49. The summed E-state index contributed by atoms with van der Waals surface area (Å²) in [7, 11) is 0. The lowest BCUT2D eigenvalue weighted by Crippen LogP contribution is -2.29. The van der Waals surface area contributed by atoms with Gasteiger partial charge in [0.15, 0.2) is 0 Å². The molecule has 0 bridgehead atoms. The molecule has 2 saturated carbocycles. The van der Waals surface area contributed by atoms with E-state index in [0.29, 0.717) is 0 Å². The van der Waals surface area contributed by atoms with Crippen LogP contribution in [0.4, 0.5) is 5.69 Å². The first kappa shape index (κ1) is 12.3. The van der Waals surface area contributed by atoms with Crippen LogP contribution in [-0.4, -0.2) is 18.2 Å². The highest BCUT2D eigenvalue weighted by Crippen LogP contribution is 2.37. The van der Waals surface area contributed by atoms with Crippen molar-refractivity contribution in [2.75, 3.05) is 18.0 Å². The number of aliphatic hydroxyl groups excluding tert-OH is 1. The third kappa shape index (κ3) is 2.99. The van der Waals surface area contributed by atoms with Crippen LogP contribution in [0.3, 0.4) is 0 Å². The lowest BCUT2D eigenvalue weighted by molar-refractivity contribution is 0.282. The summed E-state index contributed by atoms with van der Waals surface area (Å²) < 4.78 is 0. The summed E-state index contributed by atoms with van der Waals surface area (Å²) in [5, 5.41) is 10.3. The van der Waals surface area contributed by atoms with E-state index in [4.69, 9.17) is 11.6 Å². The molecule has 0 unspecified atom stereocenters. The van der Waals surface area contributed by atoms with Crippen molar-refractivity contribution >= 4 is 17.3 Å². The van der Waals surface area contributed by atoms with Crippen LogP contribution in [0.1, 0.15) is 31.2 Å². The van der Waals surface area contributed by atoms with Crippen LogP contribution in [0.15, 0.2) is 18.2 Å². The first-order valence-electron chi connectivity index (χ1n) is 6.90. The smallest absolute Gasteiger partial charge is 0.0702 e. The maximum Gasteiger partial charge on any atom is 0.0702 e. The zero-order valence-electron chi connectivity index (χ0n) is 10.6. The number of halogens is 1. The van der Waals surface area contributed by atoms with E-state index in [9.17, 15) is 5.11 Å². The molecule has 2 aliphatic rings. The highest BCUT2D eigenvalue weighted by molar-refractivity contribution is 6.30. The Hall–Kier alpha value is -0.730. The van der Waals surface area contributed by atoms with Crippen LogP contribution < -0.4 is 4.90 Å². The van der Waals surface area contributed by atoms with Crippen LogP contribution >= 0.6 is 11.6 Å². The molecule has 0 heterocycles. The predicted octanol–water partition coefficient (Wildman–Crippen LogP) is 3.46. The summed E-state index contributed by atoms with van der Waals surface area (Å²) in [6.07, 6.45) is 5.43. The predicted molar refractivity (Wildman–Crippen MR) is 75.0 cm³/mol. The monoisotopic (exact) mass is 265 g/mol. The molecule has 1 aromatic carbocycles. The van der Waals surface area contributed by atoms with Crippen molar-refractivity contribution in [3.8, 4) is 0 Å². The molecule has 0 atom stereocenters. The Balaban J connectivity index is 1.83. The topological polar surface area (TPSA) is 23.5 Å². The van der Waals surface area contributed by atoms with E-state index >= 15 is 0 Å². The van der Waals surface area contributed by atoms with Gasteiger partial charge in [-0.15, -0.1) is 0 Å². The molecule has 0 spiro atoms. The van der Waals surface area contributed by atoms with Crippen molar-refractivity contribution in [2.24, 2.45) is 11.8 Å². The zero-order valence-corrected chi connectivity index (χ0v) is 11.4. The molecule has 2 aliphatic carbocycles. The van der Waals surface area contributed by atoms with Gasteiger partial charge >= 0.3 is 0 Å². The molecule has 3 rings (SSSR count). The molecule has 0 aliphatic heterocycles. The van der Waals surface area contributed by atoms with Gasteiger partial charge in [-0.3, -0.25) is 0 Å². The number of benzene rings is 1. The summed E-state index contributed by atoms with van der Waals surface area (Å²) >= 11 is 6.11. The van der Waals surface area contributed by atoms with E-state index in [-0.39, 0.29) is 6.61 Å². The largest absolute Gasteiger partial charge is 0.392 e. The van der Waals surface area contributed by atoms with Crippen LogP contribution in [0.2, 0.25) is 5.02 Å². The maximum absolute atomic E-state index is 9.49. The minimum atomic E-state index is 0.0956. The third-order valence-corrected chi connectivity index (χ3v) is 4.14. The first-order chi connectivity index (χ1) is 8.76. The van der Waals surface area contributed by atoms with Gasteiger partial charge in [-0.05, 0) is 49.7 Å². The number of anilines is 1. The average molecular weight is 266 g/mol. The lowest BCUT2D eigenvalue weighted by Gasteiger charge is -2.27. The van der Waals surface area contributed by atoms with E-state index in [1.807, 2.05) is 18.2 Å². The normalized spacial score (nSPS) is 19.0. The first-order valence-corrected chi connectivity index (χ1v) is 7.28. The van der Waals surface area contributed by atoms with Gasteiger partial charge in [-0.2, -0.15) is 0 Å². The van der Waals surface area contributed by atoms with Gasteiger partial charge in [0.1, 0.15) is 0 Å². The van der Waals surface area contributed by atoms with Gasteiger partial charge in [-0.1, -0.05) is 17.7 Å². The van der Waals surface area contributed by atoms with Gasteiger partial charge in [0.25, 0.3) is 0 Å². The molecule has 2 nitrogen and oxygen atoms in total. The van der Waals surface area contributed by atoms with E-state index < -0.39 is 0 Å². The van der Waals surface area contributed by atoms with Gasteiger partial charge in [-0.25, -0.2) is 0 Å². The van der Waals surface area contributed by atoms with Gasteiger partial charge in [0.05, 0.1) is 6.61 Å². The molecule has 3 heteroatoms. The van der Waals surface area contributed by atoms with E-state index in [0.717, 1.165) is 41.2 Å². The van der Waals surface area contributed by atoms with Crippen molar-refractivity contribution in [3.63, 3.8) is 0 Å². The van der Waals surface area contributed by atoms with Crippen molar-refractivity contribution in [3.05, 3.63) is 28.8 Å². The highest BCUT2D eigenvalue weighted by atomic mass is 35.5. The second-order valence-corrected chi connectivity index (χ2v) is 6.16. The summed E-state index contributed by atoms with van der Waals surface area (Å²) in [5.74, 6) is 1.71. The van der Waals surface area contributed by atoms with Gasteiger partial charge < -0.3 is 10.0 Å². The second-order valence-electron chi connectivity index (χ2n) is 5.72. The van der Waals surface area contributed by atoms with E-state index in [2.05, 4.69) is 4.90 Å². The van der Waals surface area contributed by atoms with Crippen molar-refractivity contribution in [1.82, 2.24) is 0 Å². The van der Waals surface area contributed by atoms with Gasteiger partial charge in [0.2, 0.25) is 0 Å². The quantitative estimate of drug-likeness (QED) is 0.852. The SMILES string of the molecule is OCc1ccc(Cl)cc1N(CC1CC1)CC1CC1. The molecule has 0 saturated heterocycles. The second kappa shape index (κ2) is 5.10. The summed E-state index contributed by atoms with van der Waals surface area (Å²) in [4.78, 5) is 2.45.